The van der Waals surface area contributed by atoms with Gasteiger partial charge < -0.3 is 10.2 Å². The fourth-order valence-corrected chi connectivity index (χ4v) is 2.05. The van der Waals surface area contributed by atoms with Crippen molar-refractivity contribution in [2.75, 3.05) is 6.54 Å². The quantitative estimate of drug-likeness (QED) is 0.734. The average molecular weight is 238 g/mol. The minimum atomic E-state index is -0.367. The first-order valence-corrected chi connectivity index (χ1v) is 6.22. The molecule has 96 valence electrons. The molecule has 1 aliphatic rings. The van der Waals surface area contributed by atoms with Gasteiger partial charge in [0.05, 0.1) is 6.54 Å². The summed E-state index contributed by atoms with van der Waals surface area (Å²) in [6.07, 6.45) is 3.37. The zero-order chi connectivity index (χ0) is 13.0. The van der Waals surface area contributed by atoms with Crippen LogP contribution in [0.15, 0.2) is 12.7 Å². The molecule has 1 heterocycles. The fourth-order valence-electron chi connectivity index (χ4n) is 2.05. The summed E-state index contributed by atoms with van der Waals surface area (Å²) in [6.45, 7) is 9.80. The highest BCUT2D eigenvalue weighted by Gasteiger charge is 2.36. The van der Waals surface area contributed by atoms with Crippen LogP contribution in [-0.2, 0) is 9.59 Å². The molecule has 4 nitrogen and oxygen atoms in total. The summed E-state index contributed by atoms with van der Waals surface area (Å²) in [5.74, 6) is 0.143. The van der Waals surface area contributed by atoms with Gasteiger partial charge in [0.15, 0.2) is 0 Å². The van der Waals surface area contributed by atoms with E-state index in [4.69, 9.17) is 0 Å². The van der Waals surface area contributed by atoms with Gasteiger partial charge in [-0.2, -0.15) is 0 Å². The molecule has 1 saturated heterocycles. The Kier molecular flexibility index (Phi) is 4.73. The fraction of sp³-hybridized carbons (Fsp3) is 0.692. The Bertz CT molecular complexity index is 315. The Balaban J connectivity index is 2.81. The molecule has 1 aliphatic heterocycles. The number of carbonyl (C=O) groups is 2. The SMILES string of the molecule is C=CCC(C)N1CC(=O)NC(C(C)CC)C1=O. The van der Waals surface area contributed by atoms with Gasteiger partial charge in [0.2, 0.25) is 11.8 Å². The van der Waals surface area contributed by atoms with Crippen LogP contribution in [0.3, 0.4) is 0 Å². The summed E-state index contributed by atoms with van der Waals surface area (Å²) in [4.78, 5) is 25.6. The van der Waals surface area contributed by atoms with Gasteiger partial charge in [-0.15, -0.1) is 6.58 Å². The summed E-state index contributed by atoms with van der Waals surface area (Å²) in [6, 6.07) is -0.328. The number of hydrogen-bond acceptors (Lipinski definition) is 2. The average Bonchev–Trinajstić information content (AvgIpc) is 2.30. The Hall–Kier alpha value is -1.32. The van der Waals surface area contributed by atoms with Gasteiger partial charge in [-0.1, -0.05) is 26.3 Å². The monoisotopic (exact) mass is 238 g/mol. The third kappa shape index (κ3) is 3.08. The summed E-state index contributed by atoms with van der Waals surface area (Å²) in [7, 11) is 0. The lowest BCUT2D eigenvalue weighted by atomic mass is 9.95. The number of nitrogens with one attached hydrogen (secondary N) is 1. The second kappa shape index (κ2) is 5.84. The van der Waals surface area contributed by atoms with E-state index in [9.17, 15) is 9.59 Å². The summed E-state index contributed by atoms with van der Waals surface area (Å²) >= 11 is 0. The third-order valence-electron chi connectivity index (χ3n) is 3.43. The summed E-state index contributed by atoms with van der Waals surface area (Å²) < 4.78 is 0. The van der Waals surface area contributed by atoms with E-state index in [1.165, 1.54) is 0 Å². The third-order valence-corrected chi connectivity index (χ3v) is 3.43. The van der Waals surface area contributed by atoms with Gasteiger partial charge in [-0.05, 0) is 19.3 Å². The molecule has 3 atom stereocenters. The lowest BCUT2D eigenvalue weighted by Crippen LogP contribution is -2.61. The molecule has 2 amide bonds. The van der Waals surface area contributed by atoms with Gasteiger partial charge in [-0.3, -0.25) is 9.59 Å². The first-order valence-electron chi connectivity index (χ1n) is 6.22. The molecule has 0 bridgehead atoms. The van der Waals surface area contributed by atoms with Crippen molar-refractivity contribution in [2.24, 2.45) is 5.92 Å². The molecule has 0 saturated carbocycles. The van der Waals surface area contributed by atoms with Crippen molar-refractivity contribution in [2.45, 2.75) is 45.7 Å². The molecule has 0 aromatic rings. The van der Waals surface area contributed by atoms with Crippen molar-refractivity contribution in [3.8, 4) is 0 Å². The molecule has 0 spiro atoms. The highest BCUT2D eigenvalue weighted by molar-refractivity contribution is 5.95. The highest BCUT2D eigenvalue weighted by atomic mass is 16.2. The van der Waals surface area contributed by atoms with Crippen LogP contribution in [0.25, 0.3) is 0 Å². The van der Waals surface area contributed by atoms with E-state index in [1.54, 1.807) is 11.0 Å². The number of nitrogens with zero attached hydrogens (tertiary/aromatic N) is 1. The van der Waals surface area contributed by atoms with Crippen LogP contribution >= 0.6 is 0 Å². The van der Waals surface area contributed by atoms with Crippen molar-refractivity contribution in [3.05, 3.63) is 12.7 Å². The van der Waals surface area contributed by atoms with Crippen LogP contribution in [0.1, 0.15) is 33.6 Å². The van der Waals surface area contributed by atoms with Crippen LogP contribution in [-0.4, -0.2) is 35.3 Å². The molecule has 17 heavy (non-hydrogen) atoms. The zero-order valence-corrected chi connectivity index (χ0v) is 10.9. The minimum absolute atomic E-state index is 0.0355. The number of piperazine rings is 1. The summed E-state index contributed by atoms with van der Waals surface area (Å²) in [5.41, 5.74) is 0. The number of carbonyl (C=O) groups excluding carboxylic acids is 2. The van der Waals surface area contributed by atoms with Crippen molar-refractivity contribution < 1.29 is 9.59 Å². The van der Waals surface area contributed by atoms with E-state index in [-0.39, 0.29) is 36.4 Å². The van der Waals surface area contributed by atoms with Gasteiger partial charge in [0.1, 0.15) is 6.04 Å². The standard InChI is InChI=1S/C13H22N2O2/c1-5-7-10(4)15-8-11(16)14-12(13(15)17)9(3)6-2/h5,9-10,12H,1,6-8H2,2-4H3,(H,14,16). The van der Waals surface area contributed by atoms with Crippen molar-refractivity contribution >= 4 is 11.8 Å². The highest BCUT2D eigenvalue weighted by Crippen LogP contribution is 2.17. The molecular weight excluding hydrogens is 216 g/mol. The molecule has 0 aromatic carbocycles. The predicted octanol–water partition coefficient (Wildman–Crippen LogP) is 1.32. The van der Waals surface area contributed by atoms with E-state index >= 15 is 0 Å². The van der Waals surface area contributed by atoms with Crippen LogP contribution < -0.4 is 5.32 Å². The van der Waals surface area contributed by atoms with E-state index in [2.05, 4.69) is 11.9 Å². The van der Waals surface area contributed by atoms with Crippen molar-refractivity contribution in [1.82, 2.24) is 10.2 Å². The molecular formula is C13H22N2O2. The Morgan fingerprint density at radius 1 is 1.53 bits per heavy atom. The molecule has 1 fully saturated rings. The molecule has 1 N–H and O–H groups in total. The topological polar surface area (TPSA) is 49.4 Å². The maximum Gasteiger partial charge on any atom is 0.246 e. The summed E-state index contributed by atoms with van der Waals surface area (Å²) in [5, 5.41) is 2.79. The van der Waals surface area contributed by atoms with Gasteiger partial charge in [-0.25, -0.2) is 0 Å². The maximum absolute atomic E-state index is 12.3. The van der Waals surface area contributed by atoms with Crippen molar-refractivity contribution in [3.63, 3.8) is 0 Å². The molecule has 0 radical (unpaired) electrons. The van der Waals surface area contributed by atoms with E-state index < -0.39 is 0 Å². The van der Waals surface area contributed by atoms with Crippen molar-refractivity contribution in [1.29, 1.82) is 0 Å². The normalized spacial score (nSPS) is 24.2. The second-order valence-corrected chi connectivity index (χ2v) is 4.77. The first kappa shape index (κ1) is 13.7. The van der Waals surface area contributed by atoms with Gasteiger partial charge >= 0.3 is 0 Å². The van der Waals surface area contributed by atoms with Crippen LogP contribution in [0.5, 0.6) is 0 Å². The van der Waals surface area contributed by atoms with Crippen LogP contribution in [0, 0.1) is 5.92 Å². The van der Waals surface area contributed by atoms with Crippen LogP contribution in [0.4, 0.5) is 0 Å². The molecule has 0 aromatic heterocycles. The van der Waals surface area contributed by atoms with Crippen LogP contribution in [0.2, 0.25) is 0 Å². The maximum atomic E-state index is 12.3. The van der Waals surface area contributed by atoms with E-state index in [0.717, 1.165) is 6.42 Å². The van der Waals surface area contributed by atoms with E-state index in [0.29, 0.717) is 6.42 Å². The number of rotatable bonds is 5. The Morgan fingerprint density at radius 2 is 2.18 bits per heavy atom. The van der Waals surface area contributed by atoms with Gasteiger partial charge in [0, 0.05) is 6.04 Å². The second-order valence-electron chi connectivity index (χ2n) is 4.77. The molecule has 1 rings (SSSR count). The largest absolute Gasteiger partial charge is 0.342 e. The zero-order valence-electron chi connectivity index (χ0n) is 10.9. The molecule has 4 heteroatoms. The predicted molar refractivity (Wildman–Crippen MR) is 67.4 cm³/mol. The minimum Gasteiger partial charge on any atom is -0.342 e. The van der Waals surface area contributed by atoms with Gasteiger partial charge in [0.25, 0.3) is 0 Å². The lowest BCUT2D eigenvalue weighted by Gasteiger charge is -2.38. The van der Waals surface area contributed by atoms with E-state index in [1.807, 2.05) is 20.8 Å². The smallest absolute Gasteiger partial charge is 0.246 e. The lowest BCUT2D eigenvalue weighted by molar-refractivity contribution is -0.147. The Labute approximate surface area is 103 Å². The number of hydrogen-bond donors (Lipinski definition) is 1. The Morgan fingerprint density at radius 3 is 2.71 bits per heavy atom. The number of amides is 2. The first-order chi connectivity index (χ1) is 8.01. The molecule has 0 aliphatic carbocycles. The molecule has 3 unspecified atom stereocenters.